The van der Waals surface area contributed by atoms with Gasteiger partial charge in [-0.2, -0.15) is 5.10 Å². The standard InChI is InChI=1S/C15H14F3N3O3/c1-3-21-14(19)12(7(2)20-21)15(23)24-6-11(22)13-9(17)4-8(16)5-10(13)18/h4-5H,3,6,19H2,1-2H3. The zero-order chi connectivity index (χ0) is 18.0. The van der Waals surface area contributed by atoms with E-state index in [0.29, 0.717) is 24.4 Å². The minimum atomic E-state index is -1.37. The molecule has 0 aliphatic rings. The van der Waals surface area contributed by atoms with Crippen LogP contribution in [0, 0.1) is 24.4 Å². The number of anilines is 1. The summed E-state index contributed by atoms with van der Waals surface area (Å²) in [7, 11) is 0. The van der Waals surface area contributed by atoms with Crippen molar-refractivity contribution in [1.82, 2.24) is 9.78 Å². The lowest BCUT2D eigenvalue weighted by Gasteiger charge is -2.07. The van der Waals surface area contributed by atoms with Gasteiger partial charge in [-0.15, -0.1) is 0 Å². The predicted octanol–water partition coefficient (Wildman–Crippen LogP) is 2.25. The quantitative estimate of drug-likeness (QED) is 0.666. The van der Waals surface area contributed by atoms with Gasteiger partial charge in [-0.3, -0.25) is 4.79 Å². The van der Waals surface area contributed by atoms with Crippen molar-refractivity contribution < 1.29 is 27.5 Å². The van der Waals surface area contributed by atoms with Crippen LogP contribution in [0.1, 0.15) is 33.3 Å². The van der Waals surface area contributed by atoms with Crippen molar-refractivity contribution in [3.05, 3.63) is 46.4 Å². The van der Waals surface area contributed by atoms with Crippen LogP contribution in [0.4, 0.5) is 19.0 Å². The molecule has 0 atom stereocenters. The Morgan fingerprint density at radius 3 is 2.29 bits per heavy atom. The summed E-state index contributed by atoms with van der Waals surface area (Å²) in [5, 5.41) is 4.02. The number of benzene rings is 1. The SMILES string of the molecule is CCn1nc(C)c(C(=O)OCC(=O)c2c(F)cc(F)cc2F)c1N. The highest BCUT2D eigenvalue weighted by atomic mass is 19.1. The molecule has 128 valence electrons. The molecule has 24 heavy (non-hydrogen) atoms. The van der Waals surface area contributed by atoms with Crippen molar-refractivity contribution in [3.63, 3.8) is 0 Å². The summed E-state index contributed by atoms with van der Waals surface area (Å²) in [5.41, 5.74) is 5.05. The second kappa shape index (κ2) is 6.73. The monoisotopic (exact) mass is 341 g/mol. The van der Waals surface area contributed by atoms with Gasteiger partial charge in [-0.05, 0) is 13.8 Å². The lowest BCUT2D eigenvalue weighted by Crippen LogP contribution is -2.18. The molecule has 0 fully saturated rings. The number of carbonyl (C=O) groups is 2. The third kappa shape index (κ3) is 3.24. The van der Waals surface area contributed by atoms with E-state index in [-0.39, 0.29) is 11.4 Å². The largest absolute Gasteiger partial charge is 0.454 e. The summed E-state index contributed by atoms with van der Waals surface area (Å²) in [5.74, 6) is -5.93. The Bertz CT molecular complexity index is 795. The van der Waals surface area contributed by atoms with Gasteiger partial charge >= 0.3 is 5.97 Å². The molecule has 1 heterocycles. The maximum absolute atomic E-state index is 13.5. The molecule has 0 amide bonds. The molecular weight excluding hydrogens is 327 g/mol. The van der Waals surface area contributed by atoms with Gasteiger partial charge in [0, 0.05) is 18.7 Å². The number of hydrogen-bond acceptors (Lipinski definition) is 5. The van der Waals surface area contributed by atoms with Crippen molar-refractivity contribution in [1.29, 1.82) is 0 Å². The molecule has 6 nitrogen and oxygen atoms in total. The average Bonchev–Trinajstić information content (AvgIpc) is 2.78. The Morgan fingerprint density at radius 2 is 1.79 bits per heavy atom. The lowest BCUT2D eigenvalue weighted by atomic mass is 10.1. The number of rotatable bonds is 5. The van der Waals surface area contributed by atoms with Crippen molar-refractivity contribution >= 4 is 17.6 Å². The average molecular weight is 341 g/mol. The van der Waals surface area contributed by atoms with Crippen LogP contribution in [0.25, 0.3) is 0 Å². The first kappa shape index (κ1) is 17.5. The number of aryl methyl sites for hydroxylation is 2. The fourth-order valence-electron chi connectivity index (χ4n) is 2.18. The third-order valence-corrected chi connectivity index (χ3v) is 3.29. The molecule has 1 aromatic carbocycles. The maximum Gasteiger partial charge on any atom is 0.344 e. The molecule has 0 unspecified atom stereocenters. The van der Waals surface area contributed by atoms with Gasteiger partial charge in [0.25, 0.3) is 0 Å². The molecule has 2 N–H and O–H groups in total. The molecule has 9 heteroatoms. The molecular formula is C15H14F3N3O3. The first-order chi connectivity index (χ1) is 11.3. The summed E-state index contributed by atoms with van der Waals surface area (Å²) in [6.45, 7) is 2.79. The van der Waals surface area contributed by atoms with Gasteiger partial charge in [0.05, 0.1) is 11.3 Å². The molecule has 0 aliphatic carbocycles. The van der Waals surface area contributed by atoms with Crippen molar-refractivity contribution in [3.8, 4) is 0 Å². The number of ketones is 1. The van der Waals surface area contributed by atoms with Gasteiger partial charge in [0.15, 0.2) is 6.61 Å². The zero-order valence-corrected chi connectivity index (χ0v) is 12.9. The van der Waals surface area contributed by atoms with Crippen LogP contribution in [0.5, 0.6) is 0 Å². The van der Waals surface area contributed by atoms with Crippen molar-refractivity contribution in [2.45, 2.75) is 20.4 Å². The Balaban J connectivity index is 2.15. The fourth-order valence-corrected chi connectivity index (χ4v) is 2.18. The van der Waals surface area contributed by atoms with E-state index >= 15 is 0 Å². The number of nitrogen functional groups attached to an aromatic ring is 1. The molecule has 1 aromatic heterocycles. The van der Waals surface area contributed by atoms with E-state index in [0.717, 1.165) is 0 Å². The summed E-state index contributed by atoms with van der Waals surface area (Å²) in [6, 6.07) is 0.733. The number of carbonyl (C=O) groups excluding carboxylic acids is 2. The van der Waals surface area contributed by atoms with E-state index in [9.17, 15) is 22.8 Å². The number of hydrogen-bond donors (Lipinski definition) is 1. The molecule has 2 aromatic rings. The zero-order valence-electron chi connectivity index (χ0n) is 12.9. The van der Waals surface area contributed by atoms with Crippen LogP contribution in [-0.2, 0) is 11.3 Å². The van der Waals surface area contributed by atoms with Gasteiger partial charge in [0.2, 0.25) is 5.78 Å². The van der Waals surface area contributed by atoms with Crippen LogP contribution in [0.15, 0.2) is 12.1 Å². The lowest BCUT2D eigenvalue weighted by molar-refractivity contribution is 0.0472. The summed E-state index contributed by atoms with van der Waals surface area (Å²) in [6.07, 6.45) is 0. The predicted molar refractivity (Wildman–Crippen MR) is 78.0 cm³/mol. The smallest absolute Gasteiger partial charge is 0.344 e. The van der Waals surface area contributed by atoms with Crippen LogP contribution >= 0.6 is 0 Å². The highest BCUT2D eigenvalue weighted by molar-refractivity contribution is 6.01. The Labute approximate surface area is 135 Å². The minimum Gasteiger partial charge on any atom is -0.454 e. The molecule has 0 saturated carbocycles. The van der Waals surface area contributed by atoms with E-state index in [4.69, 9.17) is 10.5 Å². The highest BCUT2D eigenvalue weighted by Crippen LogP contribution is 2.19. The molecule has 0 bridgehead atoms. The number of esters is 1. The van der Waals surface area contributed by atoms with Gasteiger partial charge in [-0.1, -0.05) is 0 Å². The Kier molecular flexibility index (Phi) is 4.91. The number of ether oxygens (including phenoxy) is 1. The van der Waals surface area contributed by atoms with Crippen LogP contribution < -0.4 is 5.73 Å². The summed E-state index contributed by atoms with van der Waals surface area (Å²) >= 11 is 0. The maximum atomic E-state index is 13.5. The van der Waals surface area contributed by atoms with Crippen LogP contribution in [0.3, 0.4) is 0 Å². The van der Waals surface area contributed by atoms with Crippen molar-refractivity contribution in [2.24, 2.45) is 0 Å². The van der Waals surface area contributed by atoms with E-state index in [1.165, 1.54) is 11.6 Å². The third-order valence-electron chi connectivity index (χ3n) is 3.29. The summed E-state index contributed by atoms with van der Waals surface area (Å²) in [4.78, 5) is 23.9. The van der Waals surface area contributed by atoms with Gasteiger partial charge in [-0.25, -0.2) is 22.6 Å². The number of nitrogens with zero attached hydrogens (tertiary/aromatic N) is 2. The van der Waals surface area contributed by atoms with E-state index in [1.54, 1.807) is 6.92 Å². The summed E-state index contributed by atoms with van der Waals surface area (Å²) < 4.78 is 46.0. The van der Waals surface area contributed by atoms with E-state index in [1.807, 2.05) is 0 Å². The first-order valence-electron chi connectivity index (χ1n) is 6.94. The minimum absolute atomic E-state index is 0.0234. The number of nitrogens with two attached hydrogens (primary N) is 1. The highest BCUT2D eigenvalue weighted by Gasteiger charge is 2.24. The number of aromatic nitrogens is 2. The molecule has 0 saturated heterocycles. The molecule has 0 spiro atoms. The fraction of sp³-hybridized carbons (Fsp3) is 0.267. The van der Waals surface area contributed by atoms with Crippen LogP contribution in [-0.4, -0.2) is 28.1 Å². The normalized spacial score (nSPS) is 10.7. The molecule has 2 rings (SSSR count). The first-order valence-corrected chi connectivity index (χ1v) is 6.94. The van der Waals surface area contributed by atoms with Gasteiger partial charge in [0.1, 0.15) is 28.8 Å². The second-order valence-electron chi connectivity index (χ2n) is 4.91. The van der Waals surface area contributed by atoms with Gasteiger partial charge < -0.3 is 10.5 Å². The number of Topliss-reactive ketones (excluding diaryl/α,β-unsaturated/α-hetero) is 1. The molecule has 0 aliphatic heterocycles. The number of halogens is 3. The Hall–Kier alpha value is -2.84. The second-order valence-corrected chi connectivity index (χ2v) is 4.91. The van der Waals surface area contributed by atoms with E-state index in [2.05, 4.69) is 5.10 Å². The van der Waals surface area contributed by atoms with E-state index < -0.39 is 41.4 Å². The van der Waals surface area contributed by atoms with Crippen LogP contribution in [0.2, 0.25) is 0 Å². The Morgan fingerprint density at radius 1 is 1.21 bits per heavy atom. The topological polar surface area (TPSA) is 87.2 Å². The molecule has 0 radical (unpaired) electrons. The van der Waals surface area contributed by atoms with Crippen molar-refractivity contribution in [2.75, 3.05) is 12.3 Å².